The summed E-state index contributed by atoms with van der Waals surface area (Å²) in [5.74, 6) is 5.60. The molecule has 0 fully saturated rings. The van der Waals surface area contributed by atoms with E-state index in [9.17, 15) is 0 Å². The van der Waals surface area contributed by atoms with E-state index in [4.69, 9.17) is 5.84 Å². The molecule has 1 aromatic carbocycles. The molecule has 4 heteroatoms. The number of benzene rings is 1. The molecule has 78 valence electrons. The van der Waals surface area contributed by atoms with E-state index in [-0.39, 0.29) is 6.04 Å². The van der Waals surface area contributed by atoms with Gasteiger partial charge in [0.2, 0.25) is 0 Å². The Morgan fingerprint density at radius 2 is 2.00 bits per heavy atom. The van der Waals surface area contributed by atoms with Crippen LogP contribution in [-0.4, -0.2) is 0 Å². The van der Waals surface area contributed by atoms with Gasteiger partial charge in [0.15, 0.2) is 0 Å². The maximum atomic E-state index is 5.60. The summed E-state index contributed by atoms with van der Waals surface area (Å²) in [6, 6.07) is 12.3. The lowest BCUT2D eigenvalue weighted by Gasteiger charge is -2.16. The van der Waals surface area contributed by atoms with Crippen LogP contribution < -0.4 is 11.3 Å². The third kappa shape index (κ3) is 2.29. The van der Waals surface area contributed by atoms with Gasteiger partial charge in [-0.25, -0.2) is 5.43 Å². The lowest BCUT2D eigenvalue weighted by atomic mass is 10.1. The maximum absolute atomic E-state index is 5.60. The first-order valence-corrected chi connectivity index (χ1v) is 6.24. The molecule has 1 unspecified atom stereocenters. The van der Waals surface area contributed by atoms with Crippen molar-refractivity contribution in [3.63, 3.8) is 0 Å². The minimum Gasteiger partial charge on any atom is -0.271 e. The highest BCUT2D eigenvalue weighted by molar-refractivity contribution is 9.10. The summed E-state index contributed by atoms with van der Waals surface area (Å²) >= 11 is 5.23. The highest BCUT2D eigenvalue weighted by atomic mass is 79.9. The van der Waals surface area contributed by atoms with Crippen LogP contribution in [0.2, 0.25) is 0 Å². The van der Waals surface area contributed by atoms with Gasteiger partial charge in [-0.15, -0.1) is 11.3 Å². The van der Waals surface area contributed by atoms with Crippen LogP contribution in [0.3, 0.4) is 0 Å². The number of hydrogen-bond acceptors (Lipinski definition) is 3. The minimum atomic E-state index is 0.0561. The van der Waals surface area contributed by atoms with E-state index < -0.39 is 0 Å². The number of nitrogens with two attached hydrogens (primary N) is 1. The summed E-state index contributed by atoms with van der Waals surface area (Å²) in [5.41, 5.74) is 4.00. The minimum absolute atomic E-state index is 0.0561. The smallest absolute Gasteiger partial charge is 0.0813 e. The highest BCUT2D eigenvalue weighted by Gasteiger charge is 2.15. The van der Waals surface area contributed by atoms with E-state index in [1.54, 1.807) is 11.3 Å². The number of nitrogens with one attached hydrogen (secondary N) is 1. The summed E-state index contributed by atoms with van der Waals surface area (Å²) in [7, 11) is 0. The molecule has 0 saturated heterocycles. The third-order valence-corrected chi connectivity index (χ3v) is 3.87. The molecule has 2 rings (SSSR count). The third-order valence-electron chi connectivity index (χ3n) is 2.21. The normalized spacial score (nSPS) is 12.7. The number of halogens is 1. The first kappa shape index (κ1) is 10.8. The molecular weight excluding hydrogens is 272 g/mol. The van der Waals surface area contributed by atoms with Crippen LogP contribution in [0, 0.1) is 0 Å². The van der Waals surface area contributed by atoms with Crippen LogP contribution in [0.15, 0.2) is 46.3 Å². The Bertz CT molecular complexity index is 428. The van der Waals surface area contributed by atoms with Crippen LogP contribution in [0.1, 0.15) is 16.5 Å². The van der Waals surface area contributed by atoms with Crippen molar-refractivity contribution in [3.05, 3.63) is 56.7 Å². The van der Waals surface area contributed by atoms with Crippen molar-refractivity contribution in [3.8, 4) is 0 Å². The molecule has 1 heterocycles. The first-order valence-electron chi connectivity index (χ1n) is 4.57. The Balaban J connectivity index is 2.40. The van der Waals surface area contributed by atoms with Crippen LogP contribution in [-0.2, 0) is 0 Å². The van der Waals surface area contributed by atoms with Gasteiger partial charge in [-0.3, -0.25) is 5.84 Å². The Labute approximate surface area is 101 Å². The molecule has 15 heavy (non-hydrogen) atoms. The second-order valence-corrected chi connectivity index (χ2v) is 4.97. The Morgan fingerprint density at radius 1 is 1.20 bits per heavy atom. The zero-order valence-corrected chi connectivity index (χ0v) is 10.4. The largest absolute Gasteiger partial charge is 0.271 e. The van der Waals surface area contributed by atoms with Gasteiger partial charge in [-0.2, -0.15) is 0 Å². The van der Waals surface area contributed by atoms with E-state index in [2.05, 4.69) is 38.9 Å². The zero-order chi connectivity index (χ0) is 10.7. The molecule has 0 saturated carbocycles. The molecule has 2 aromatic rings. The second kappa shape index (κ2) is 4.90. The Kier molecular flexibility index (Phi) is 3.53. The average molecular weight is 283 g/mol. The van der Waals surface area contributed by atoms with Crippen molar-refractivity contribution in [1.82, 2.24) is 5.43 Å². The summed E-state index contributed by atoms with van der Waals surface area (Å²) in [5, 5.41) is 2.05. The monoisotopic (exact) mass is 282 g/mol. The number of thiophene rings is 1. The number of hydrazine groups is 1. The molecule has 0 amide bonds. The van der Waals surface area contributed by atoms with Gasteiger partial charge in [0.1, 0.15) is 0 Å². The number of hydrogen-bond donors (Lipinski definition) is 2. The van der Waals surface area contributed by atoms with Gasteiger partial charge in [-0.05, 0) is 23.1 Å². The van der Waals surface area contributed by atoms with Crippen LogP contribution >= 0.6 is 27.3 Å². The first-order chi connectivity index (χ1) is 7.33. The number of rotatable bonds is 3. The molecule has 1 aromatic heterocycles. The molecular formula is C11H11BrN2S. The van der Waals surface area contributed by atoms with Crippen LogP contribution in [0.4, 0.5) is 0 Å². The molecule has 0 bridgehead atoms. The lowest BCUT2D eigenvalue weighted by Crippen LogP contribution is -2.28. The molecule has 3 N–H and O–H groups in total. The summed E-state index contributed by atoms with van der Waals surface area (Å²) < 4.78 is 1.07. The maximum Gasteiger partial charge on any atom is 0.0813 e. The van der Waals surface area contributed by atoms with Crippen molar-refractivity contribution >= 4 is 27.3 Å². The van der Waals surface area contributed by atoms with Gasteiger partial charge in [0.05, 0.1) is 6.04 Å². The van der Waals surface area contributed by atoms with Crippen molar-refractivity contribution in [2.24, 2.45) is 5.84 Å². The fourth-order valence-corrected chi connectivity index (χ4v) is 2.81. The quantitative estimate of drug-likeness (QED) is 0.671. The second-order valence-electron chi connectivity index (χ2n) is 3.14. The van der Waals surface area contributed by atoms with Gasteiger partial charge >= 0.3 is 0 Å². The van der Waals surface area contributed by atoms with Crippen molar-refractivity contribution in [2.75, 3.05) is 0 Å². The highest BCUT2D eigenvalue weighted by Crippen LogP contribution is 2.30. The average Bonchev–Trinajstić information content (AvgIpc) is 2.75. The summed E-state index contributed by atoms with van der Waals surface area (Å²) in [6.45, 7) is 0. The van der Waals surface area contributed by atoms with E-state index in [0.717, 1.165) is 10.0 Å². The van der Waals surface area contributed by atoms with Crippen LogP contribution in [0.25, 0.3) is 0 Å². The predicted octanol–water partition coefficient (Wildman–Crippen LogP) is 3.06. The lowest BCUT2D eigenvalue weighted by molar-refractivity contribution is 0.644. The van der Waals surface area contributed by atoms with E-state index in [1.807, 2.05) is 24.3 Å². The molecule has 0 radical (unpaired) electrons. The Morgan fingerprint density at radius 3 is 2.60 bits per heavy atom. The van der Waals surface area contributed by atoms with Crippen LogP contribution in [0.5, 0.6) is 0 Å². The standard InChI is InChI=1S/C11H11BrN2S/c12-9-5-2-1-4-8(9)11(14-13)10-6-3-7-15-10/h1-7,11,14H,13H2. The predicted molar refractivity (Wildman–Crippen MR) is 67.6 cm³/mol. The van der Waals surface area contributed by atoms with Gasteiger partial charge < -0.3 is 0 Å². The SMILES string of the molecule is NNC(c1cccs1)c1ccccc1Br. The molecule has 0 aliphatic rings. The van der Waals surface area contributed by atoms with E-state index in [1.165, 1.54) is 4.88 Å². The van der Waals surface area contributed by atoms with Crippen molar-refractivity contribution in [1.29, 1.82) is 0 Å². The molecule has 0 aliphatic carbocycles. The van der Waals surface area contributed by atoms with Gasteiger partial charge in [0.25, 0.3) is 0 Å². The molecule has 0 spiro atoms. The fourth-order valence-electron chi connectivity index (χ4n) is 1.49. The van der Waals surface area contributed by atoms with E-state index in [0.29, 0.717) is 0 Å². The fraction of sp³-hybridized carbons (Fsp3) is 0.0909. The van der Waals surface area contributed by atoms with Gasteiger partial charge in [-0.1, -0.05) is 40.2 Å². The van der Waals surface area contributed by atoms with Gasteiger partial charge in [0, 0.05) is 9.35 Å². The molecule has 0 aliphatic heterocycles. The topological polar surface area (TPSA) is 38.0 Å². The molecule has 1 atom stereocenters. The summed E-state index contributed by atoms with van der Waals surface area (Å²) in [6.07, 6.45) is 0. The van der Waals surface area contributed by atoms with Crippen molar-refractivity contribution in [2.45, 2.75) is 6.04 Å². The Hall–Kier alpha value is -0.680. The van der Waals surface area contributed by atoms with Crippen molar-refractivity contribution < 1.29 is 0 Å². The summed E-state index contributed by atoms with van der Waals surface area (Å²) in [4.78, 5) is 1.21. The van der Waals surface area contributed by atoms with E-state index >= 15 is 0 Å². The zero-order valence-electron chi connectivity index (χ0n) is 7.98. The molecule has 2 nitrogen and oxygen atoms in total.